The van der Waals surface area contributed by atoms with Crippen molar-refractivity contribution in [2.24, 2.45) is 5.92 Å². The van der Waals surface area contributed by atoms with Gasteiger partial charge in [0.25, 0.3) is 0 Å². The number of nitrogens with zero attached hydrogens (tertiary/aromatic N) is 2. The van der Waals surface area contributed by atoms with E-state index in [1.807, 2.05) is 6.92 Å². The van der Waals surface area contributed by atoms with Gasteiger partial charge in [0.1, 0.15) is 6.17 Å². The molecule has 0 N–H and O–H groups in total. The van der Waals surface area contributed by atoms with Gasteiger partial charge >= 0.3 is 0 Å². The molecule has 196 valence electrons. The highest BCUT2D eigenvalue weighted by molar-refractivity contribution is 5.55. The van der Waals surface area contributed by atoms with E-state index in [0.29, 0.717) is 24.6 Å². The highest BCUT2D eigenvalue weighted by atomic mass is 19.1. The predicted octanol–water partition coefficient (Wildman–Crippen LogP) is 9.54. The molecular weight excluding hydrogens is 435 g/mol. The van der Waals surface area contributed by atoms with Crippen molar-refractivity contribution in [3.8, 4) is 17.1 Å². The van der Waals surface area contributed by atoms with Gasteiger partial charge in [-0.05, 0) is 30.7 Å². The van der Waals surface area contributed by atoms with E-state index >= 15 is 0 Å². The standard InChI is InChI=1S/C31H49FN2O/c1-4-6-8-9-10-11-12-13-15-17-27-18-20-28(21-19-27)31-33-24-29(25-34-31)35-23-22-30(32)26(3)16-14-7-5-2/h18-21,24-26,30H,4-17,22-23H2,1-3H3. The molecule has 0 aliphatic carbocycles. The van der Waals surface area contributed by atoms with Crippen LogP contribution in [0.3, 0.4) is 0 Å². The first-order valence-electron chi connectivity index (χ1n) is 14.3. The van der Waals surface area contributed by atoms with Crippen LogP contribution in [0.2, 0.25) is 0 Å². The summed E-state index contributed by atoms with van der Waals surface area (Å²) in [6.45, 7) is 6.80. The van der Waals surface area contributed by atoms with Gasteiger partial charge in [-0.1, -0.05) is 116 Å². The molecular formula is C31H49FN2O. The minimum absolute atomic E-state index is 0.0899. The largest absolute Gasteiger partial charge is 0.490 e. The lowest BCUT2D eigenvalue weighted by Gasteiger charge is -2.16. The van der Waals surface area contributed by atoms with E-state index in [9.17, 15) is 4.39 Å². The second kappa shape index (κ2) is 18.3. The van der Waals surface area contributed by atoms with E-state index in [1.54, 1.807) is 12.4 Å². The molecule has 1 aromatic carbocycles. The average molecular weight is 485 g/mol. The third-order valence-corrected chi connectivity index (χ3v) is 6.95. The average Bonchev–Trinajstić information content (AvgIpc) is 2.88. The molecule has 0 saturated carbocycles. The number of hydrogen-bond donors (Lipinski definition) is 0. The lowest BCUT2D eigenvalue weighted by atomic mass is 9.97. The van der Waals surface area contributed by atoms with Gasteiger partial charge in [-0.15, -0.1) is 0 Å². The van der Waals surface area contributed by atoms with Crippen LogP contribution in [0.4, 0.5) is 4.39 Å². The fourth-order valence-electron chi connectivity index (χ4n) is 4.47. The van der Waals surface area contributed by atoms with Crippen LogP contribution in [0.1, 0.15) is 116 Å². The van der Waals surface area contributed by atoms with Gasteiger partial charge in [-0.3, -0.25) is 0 Å². The minimum atomic E-state index is -0.818. The Morgan fingerprint density at radius 3 is 1.94 bits per heavy atom. The van der Waals surface area contributed by atoms with Gasteiger partial charge in [-0.25, -0.2) is 14.4 Å². The highest BCUT2D eigenvalue weighted by Gasteiger charge is 2.16. The summed E-state index contributed by atoms with van der Waals surface area (Å²) in [5, 5.41) is 0. The number of aromatic nitrogens is 2. The number of alkyl halides is 1. The molecule has 2 atom stereocenters. The van der Waals surface area contributed by atoms with Gasteiger partial charge in [0.2, 0.25) is 0 Å². The molecule has 0 spiro atoms. The predicted molar refractivity (Wildman–Crippen MR) is 147 cm³/mol. The molecule has 0 fully saturated rings. The Hall–Kier alpha value is -1.97. The molecule has 0 saturated heterocycles. The summed E-state index contributed by atoms with van der Waals surface area (Å²) in [6.07, 6.45) is 20.8. The van der Waals surface area contributed by atoms with Gasteiger partial charge < -0.3 is 4.74 Å². The molecule has 0 radical (unpaired) electrons. The van der Waals surface area contributed by atoms with Crippen LogP contribution in [-0.4, -0.2) is 22.7 Å². The molecule has 0 aliphatic rings. The summed E-state index contributed by atoms with van der Waals surface area (Å²) in [4.78, 5) is 8.91. The van der Waals surface area contributed by atoms with Gasteiger partial charge in [0.15, 0.2) is 11.6 Å². The third-order valence-electron chi connectivity index (χ3n) is 6.95. The van der Waals surface area contributed by atoms with E-state index in [4.69, 9.17) is 4.74 Å². The van der Waals surface area contributed by atoms with E-state index in [-0.39, 0.29) is 5.92 Å². The summed E-state index contributed by atoms with van der Waals surface area (Å²) in [6, 6.07) is 8.59. The maximum Gasteiger partial charge on any atom is 0.159 e. The Kier molecular flexibility index (Phi) is 15.3. The Labute approximate surface area is 214 Å². The first-order chi connectivity index (χ1) is 17.1. The molecule has 1 heterocycles. The molecule has 0 amide bonds. The van der Waals surface area contributed by atoms with E-state index in [0.717, 1.165) is 24.8 Å². The third kappa shape index (κ3) is 12.5. The van der Waals surface area contributed by atoms with Crippen LogP contribution in [-0.2, 0) is 6.42 Å². The Bertz CT molecular complexity index is 763. The quantitative estimate of drug-likeness (QED) is 0.175. The second-order valence-corrected chi connectivity index (χ2v) is 10.1. The molecule has 0 bridgehead atoms. The van der Waals surface area contributed by atoms with Crippen molar-refractivity contribution >= 4 is 0 Å². The zero-order valence-electron chi connectivity index (χ0n) is 22.6. The van der Waals surface area contributed by atoms with Crippen LogP contribution in [0, 0.1) is 5.92 Å². The maximum absolute atomic E-state index is 14.3. The highest BCUT2D eigenvalue weighted by Crippen LogP contribution is 2.21. The summed E-state index contributed by atoms with van der Waals surface area (Å²) in [5.74, 6) is 1.38. The maximum atomic E-state index is 14.3. The molecule has 35 heavy (non-hydrogen) atoms. The van der Waals surface area contributed by atoms with Crippen LogP contribution in [0.25, 0.3) is 11.4 Å². The van der Waals surface area contributed by atoms with E-state index in [1.165, 1.54) is 76.2 Å². The zero-order valence-corrected chi connectivity index (χ0v) is 22.6. The Morgan fingerprint density at radius 2 is 1.31 bits per heavy atom. The van der Waals surface area contributed by atoms with Crippen molar-refractivity contribution in [2.75, 3.05) is 6.61 Å². The van der Waals surface area contributed by atoms with Crippen molar-refractivity contribution in [1.29, 1.82) is 0 Å². The van der Waals surface area contributed by atoms with Crippen LogP contribution < -0.4 is 4.74 Å². The van der Waals surface area contributed by atoms with Crippen molar-refractivity contribution in [3.05, 3.63) is 42.2 Å². The van der Waals surface area contributed by atoms with Crippen molar-refractivity contribution in [2.45, 2.75) is 123 Å². The summed E-state index contributed by atoms with van der Waals surface area (Å²) < 4.78 is 20.0. The SMILES string of the molecule is CCCCCCCCCCCc1ccc(-c2ncc(OCCC(F)C(C)CCCCC)cn2)cc1. The molecule has 3 nitrogen and oxygen atoms in total. The Morgan fingerprint density at radius 1 is 0.743 bits per heavy atom. The lowest BCUT2D eigenvalue weighted by Crippen LogP contribution is -2.16. The number of rotatable bonds is 20. The monoisotopic (exact) mass is 484 g/mol. The first-order valence-corrected chi connectivity index (χ1v) is 14.3. The van der Waals surface area contributed by atoms with E-state index < -0.39 is 6.17 Å². The van der Waals surface area contributed by atoms with Crippen LogP contribution in [0.5, 0.6) is 5.75 Å². The molecule has 2 aromatic rings. The fourth-order valence-corrected chi connectivity index (χ4v) is 4.47. The number of halogens is 1. The van der Waals surface area contributed by atoms with Crippen LogP contribution >= 0.6 is 0 Å². The van der Waals surface area contributed by atoms with Crippen molar-refractivity contribution < 1.29 is 9.13 Å². The van der Waals surface area contributed by atoms with Gasteiger partial charge in [-0.2, -0.15) is 0 Å². The number of hydrogen-bond acceptors (Lipinski definition) is 3. The summed E-state index contributed by atoms with van der Waals surface area (Å²) >= 11 is 0. The normalized spacial score (nSPS) is 13.0. The van der Waals surface area contributed by atoms with Crippen molar-refractivity contribution in [1.82, 2.24) is 9.97 Å². The molecule has 0 aliphatic heterocycles. The molecule has 2 unspecified atom stereocenters. The molecule has 4 heteroatoms. The summed E-state index contributed by atoms with van der Waals surface area (Å²) in [5.41, 5.74) is 2.39. The van der Waals surface area contributed by atoms with Gasteiger partial charge in [0, 0.05) is 12.0 Å². The van der Waals surface area contributed by atoms with Gasteiger partial charge in [0.05, 0.1) is 19.0 Å². The second-order valence-electron chi connectivity index (χ2n) is 10.1. The first kappa shape index (κ1) is 29.3. The lowest BCUT2D eigenvalue weighted by molar-refractivity contribution is 0.176. The number of benzene rings is 1. The number of ether oxygens (including phenoxy) is 1. The minimum Gasteiger partial charge on any atom is -0.490 e. The topological polar surface area (TPSA) is 35.0 Å². The Balaban J connectivity index is 1.64. The zero-order chi connectivity index (χ0) is 25.1. The smallest absolute Gasteiger partial charge is 0.159 e. The number of unbranched alkanes of at least 4 members (excludes halogenated alkanes) is 10. The van der Waals surface area contributed by atoms with E-state index in [2.05, 4.69) is 48.1 Å². The van der Waals surface area contributed by atoms with Crippen LogP contribution in [0.15, 0.2) is 36.7 Å². The molecule has 2 rings (SSSR count). The molecule has 1 aromatic heterocycles. The van der Waals surface area contributed by atoms with Crippen molar-refractivity contribution in [3.63, 3.8) is 0 Å². The number of aryl methyl sites for hydroxylation is 1. The summed E-state index contributed by atoms with van der Waals surface area (Å²) in [7, 11) is 0. The fraction of sp³-hybridized carbons (Fsp3) is 0.677.